The molecule has 0 fully saturated rings. The number of hydrogen-bond donors (Lipinski definition) is 0. The second-order valence-corrected chi connectivity index (χ2v) is 9.96. The van der Waals surface area contributed by atoms with Crippen LogP contribution in [0.4, 0.5) is 5.69 Å². The first-order valence-corrected chi connectivity index (χ1v) is 11.9. The first-order valence-electron chi connectivity index (χ1n) is 11.9. The Morgan fingerprint density at radius 2 is 1.76 bits per heavy atom. The monoisotopic (exact) mass is 667 g/mol. The van der Waals surface area contributed by atoms with Crippen molar-refractivity contribution in [3.63, 3.8) is 0 Å². The van der Waals surface area contributed by atoms with E-state index < -0.39 is 0 Å². The number of para-hydroxylation sites is 1. The Morgan fingerprint density at radius 1 is 0.919 bits per heavy atom. The molecule has 0 unspecified atom stereocenters. The van der Waals surface area contributed by atoms with Crippen LogP contribution >= 0.6 is 0 Å². The van der Waals surface area contributed by atoms with Crippen molar-refractivity contribution in [1.29, 1.82) is 0 Å². The summed E-state index contributed by atoms with van der Waals surface area (Å²) in [5.74, 6) is 1.97. The second kappa shape index (κ2) is 9.68. The van der Waals surface area contributed by atoms with Gasteiger partial charge in [-0.1, -0.05) is 56.4 Å². The van der Waals surface area contributed by atoms with Crippen molar-refractivity contribution in [2.75, 3.05) is 11.9 Å². The third-order valence-corrected chi connectivity index (χ3v) is 6.30. The zero-order valence-corrected chi connectivity index (χ0v) is 23.3. The van der Waals surface area contributed by atoms with Crippen molar-refractivity contribution >= 4 is 27.5 Å². The van der Waals surface area contributed by atoms with Crippen LogP contribution in [0.2, 0.25) is 0 Å². The van der Waals surface area contributed by atoms with Crippen LogP contribution in [-0.4, -0.2) is 26.5 Å². The number of benzene rings is 2. The summed E-state index contributed by atoms with van der Waals surface area (Å²) in [5, 5.41) is 2.24. The molecule has 0 saturated heterocycles. The van der Waals surface area contributed by atoms with Crippen LogP contribution in [-0.2, 0) is 26.5 Å². The van der Waals surface area contributed by atoms with Crippen molar-refractivity contribution in [3.05, 3.63) is 104 Å². The number of ether oxygens (including phenoxy) is 1. The maximum atomic E-state index is 6.19. The van der Waals surface area contributed by atoms with E-state index in [1.165, 1.54) is 5.56 Å². The number of fused-ring (bicyclic) bond motifs is 3. The zero-order chi connectivity index (χ0) is 24.9. The van der Waals surface area contributed by atoms with Gasteiger partial charge in [-0.15, -0.1) is 23.6 Å². The second-order valence-electron chi connectivity index (χ2n) is 9.96. The van der Waals surface area contributed by atoms with E-state index in [0.717, 1.165) is 33.3 Å². The summed E-state index contributed by atoms with van der Waals surface area (Å²) in [6.45, 7) is 8.58. The SMILES string of the molecule is CN1C=CN(c2[c-]c(Oc3[c-]c4c(cc3)c3ccccc3n4-c3cc(C(C)(C)C)ccn3)cnc2)[CH-]1.[Pt]. The van der Waals surface area contributed by atoms with Crippen LogP contribution in [0.5, 0.6) is 11.5 Å². The standard InChI is InChI=1S/C30H26N5O.Pt/c1-30(2,3)21-11-12-32-29(15-21)35-27-8-6-5-7-25(27)26-10-9-23(17-28(26)35)36-24-16-22(18-31-19-24)34-14-13-33(4)20-34;/h5-15,18-20H,1-4H3;/q-3;. The summed E-state index contributed by atoms with van der Waals surface area (Å²) in [7, 11) is 1.97. The van der Waals surface area contributed by atoms with Gasteiger partial charge in [0.25, 0.3) is 0 Å². The average molecular weight is 668 g/mol. The van der Waals surface area contributed by atoms with Gasteiger partial charge in [-0.3, -0.25) is 0 Å². The first-order chi connectivity index (χ1) is 17.4. The van der Waals surface area contributed by atoms with Gasteiger partial charge < -0.3 is 24.1 Å². The van der Waals surface area contributed by atoms with Crippen LogP contribution in [0.25, 0.3) is 27.6 Å². The summed E-state index contributed by atoms with van der Waals surface area (Å²) in [6.07, 6.45) is 9.21. The quantitative estimate of drug-likeness (QED) is 0.202. The van der Waals surface area contributed by atoms with Crippen molar-refractivity contribution in [3.8, 4) is 17.3 Å². The molecule has 0 N–H and O–H groups in total. The molecule has 7 heteroatoms. The summed E-state index contributed by atoms with van der Waals surface area (Å²) in [6, 6.07) is 23.4. The average Bonchev–Trinajstić information content (AvgIpc) is 3.45. The number of aromatic nitrogens is 3. The molecule has 0 atom stereocenters. The third kappa shape index (κ3) is 4.74. The van der Waals surface area contributed by atoms with Crippen molar-refractivity contribution in [1.82, 2.24) is 19.4 Å². The Hall–Kier alpha value is -3.63. The number of rotatable bonds is 4. The van der Waals surface area contributed by atoms with Crippen LogP contribution in [0.15, 0.2) is 79.5 Å². The largest absolute Gasteiger partial charge is 0.510 e. The number of pyridine rings is 2. The molecule has 4 heterocycles. The van der Waals surface area contributed by atoms with E-state index >= 15 is 0 Å². The zero-order valence-electron chi connectivity index (χ0n) is 21.0. The minimum absolute atomic E-state index is 0. The molecule has 0 radical (unpaired) electrons. The van der Waals surface area contributed by atoms with Gasteiger partial charge in [0.05, 0.1) is 0 Å². The molecule has 0 spiro atoms. The number of nitrogens with zero attached hydrogens (tertiary/aromatic N) is 5. The van der Waals surface area contributed by atoms with E-state index in [1.807, 2.05) is 48.2 Å². The fraction of sp³-hybridized carbons (Fsp3) is 0.167. The molecule has 37 heavy (non-hydrogen) atoms. The normalized spacial score (nSPS) is 13.4. The molecule has 0 aliphatic carbocycles. The van der Waals surface area contributed by atoms with Crippen LogP contribution in [0, 0.1) is 18.8 Å². The van der Waals surface area contributed by atoms with Crippen molar-refractivity contribution < 1.29 is 25.8 Å². The fourth-order valence-electron chi connectivity index (χ4n) is 4.44. The van der Waals surface area contributed by atoms with Gasteiger partial charge in [-0.2, -0.15) is 12.7 Å². The molecular weight excluding hydrogens is 641 g/mol. The molecule has 5 aromatic rings. The Balaban J connectivity index is 0.00000280. The van der Waals surface area contributed by atoms with Gasteiger partial charge in [0.15, 0.2) is 0 Å². The van der Waals surface area contributed by atoms with E-state index in [2.05, 4.69) is 84.9 Å². The molecule has 6 rings (SSSR count). The molecule has 1 aliphatic rings. The van der Waals surface area contributed by atoms with Crippen molar-refractivity contribution in [2.45, 2.75) is 26.2 Å². The predicted octanol–water partition coefficient (Wildman–Crippen LogP) is 6.60. The number of hydrogen-bond acceptors (Lipinski definition) is 5. The molecule has 0 amide bonds. The maximum Gasteiger partial charge on any atom is 0.135 e. The summed E-state index contributed by atoms with van der Waals surface area (Å²) < 4.78 is 8.35. The topological polar surface area (TPSA) is 46.4 Å². The van der Waals surface area contributed by atoms with Crippen LogP contribution < -0.4 is 9.64 Å². The molecule has 0 bridgehead atoms. The summed E-state index contributed by atoms with van der Waals surface area (Å²) in [5.41, 5.74) is 4.02. The summed E-state index contributed by atoms with van der Waals surface area (Å²) >= 11 is 0. The van der Waals surface area contributed by atoms with Gasteiger partial charge in [0.1, 0.15) is 5.82 Å². The van der Waals surface area contributed by atoms with Crippen LogP contribution in [0.3, 0.4) is 0 Å². The Labute approximate surface area is 231 Å². The smallest absolute Gasteiger partial charge is 0.135 e. The van der Waals surface area contributed by atoms with E-state index in [1.54, 1.807) is 12.4 Å². The van der Waals surface area contributed by atoms with Crippen LogP contribution in [0.1, 0.15) is 26.3 Å². The van der Waals surface area contributed by atoms with E-state index in [4.69, 9.17) is 9.72 Å². The van der Waals surface area contributed by atoms with Gasteiger partial charge >= 0.3 is 0 Å². The fourth-order valence-corrected chi connectivity index (χ4v) is 4.44. The van der Waals surface area contributed by atoms with Crippen molar-refractivity contribution in [2.24, 2.45) is 0 Å². The molecule has 1 aliphatic heterocycles. The maximum absolute atomic E-state index is 6.19. The Kier molecular flexibility index (Phi) is 6.55. The Bertz CT molecular complexity index is 1620. The molecule has 190 valence electrons. The minimum Gasteiger partial charge on any atom is -0.510 e. The molecule has 3 aromatic heterocycles. The Morgan fingerprint density at radius 3 is 2.54 bits per heavy atom. The minimum atomic E-state index is 0. The van der Waals surface area contributed by atoms with E-state index in [9.17, 15) is 0 Å². The van der Waals surface area contributed by atoms with E-state index in [-0.39, 0.29) is 26.5 Å². The van der Waals surface area contributed by atoms with Gasteiger partial charge in [-0.25, -0.2) is 4.98 Å². The van der Waals surface area contributed by atoms with Gasteiger partial charge in [-0.05, 0) is 60.2 Å². The van der Waals surface area contributed by atoms with Gasteiger partial charge in [0.2, 0.25) is 0 Å². The molecule has 2 aromatic carbocycles. The first kappa shape index (κ1) is 25.0. The number of anilines is 1. The summed E-state index contributed by atoms with van der Waals surface area (Å²) in [4.78, 5) is 13.0. The molecule has 0 saturated carbocycles. The molecular formula is C30H26N5OPt-3. The third-order valence-electron chi connectivity index (χ3n) is 6.30. The van der Waals surface area contributed by atoms with Gasteiger partial charge in [0, 0.05) is 44.3 Å². The predicted molar refractivity (Wildman–Crippen MR) is 143 cm³/mol. The van der Waals surface area contributed by atoms with E-state index in [0.29, 0.717) is 11.5 Å². The molecule has 6 nitrogen and oxygen atoms in total.